The minimum absolute atomic E-state index is 0. The molecule has 22 heavy (non-hydrogen) atoms. The molecular weight excluding hydrogens is 325 g/mol. The van der Waals surface area contributed by atoms with Crippen LogP contribution in [-0.2, 0) is 9.59 Å². The first kappa shape index (κ1) is 19.7. The zero-order valence-corrected chi connectivity index (χ0v) is 14.8. The van der Waals surface area contributed by atoms with Crippen LogP contribution in [0.15, 0.2) is 0 Å². The summed E-state index contributed by atoms with van der Waals surface area (Å²) in [6.07, 6.45) is 4.68. The maximum absolute atomic E-state index is 12.6. The molecule has 0 aromatic rings. The number of likely N-dealkylation sites (tertiary alicyclic amines) is 2. The lowest BCUT2D eigenvalue weighted by atomic mass is 9.77. The van der Waals surface area contributed by atoms with Gasteiger partial charge in [0.15, 0.2) is 0 Å². The van der Waals surface area contributed by atoms with E-state index in [2.05, 4.69) is 10.2 Å². The Bertz CT molecular complexity index is 416. The molecule has 3 heterocycles. The van der Waals surface area contributed by atoms with Gasteiger partial charge in [0.1, 0.15) is 0 Å². The molecule has 3 saturated heterocycles. The van der Waals surface area contributed by atoms with Gasteiger partial charge in [-0.05, 0) is 52.2 Å². The van der Waals surface area contributed by atoms with E-state index in [-0.39, 0.29) is 36.6 Å². The van der Waals surface area contributed by atoms with E-state index in [1.54, 1.807) is 0 Å². The molecule has 3 aliphatic heterocycles. The van der Waals surface area contributed by atoms with E-state index < -0.39 is 5.41 Å². The summed E-state index contributed by atoms with van der Waals surface area (Å²) < 4.78 is 0. The molecular formula is C15H27Cl2N3O2. The number of hydrogen-bond acceptors (Lipinski definition) is 4. The van der Waals surface area contributed by atoms with Crippen LogP contribution in [0.2, 0.25) is 0 Å². The highest BCUT2D eigenvalue weighted by molar-refractivity contribution is 6.06. The summed E-state index contributed by atoms with van der Waals surface area (Å²) in [6, 6.07) is 0.590. The standard InChI is InChI=1S/C15H25N3O2.2ClH/c1-2-18-13(19)10-15(14(18)20)6-3-9-17(11-15)12-4-7-16-8-5-12;;/h12,16H,2-11H2,1H3;2*1H. The predicted octanol–water partition coefficient (Wildman–Crippen LogP) is 1.44. The van der Waals surface area contributed by atoms with Gasteiger partial charge in [0.25, 0.3) is 0 Å². The molecule has 1 atom stereocenters. The Hall–Kier alpha value is -0.360. The quantitative estimate of drug-likeness (QED) is 0.765. The Labute approximate surface area is 145 Å². The third kappa shape index (κ3) is 3.42. The topological polar surface area (TPSA) is 52.7 Å². The van der Waals surface area contributed by atoms with E-state index >= 15 is 0 Å². The van der Waals surface area contributed by atoms with Gasteiger partial charge in [0.2, 0.25) is 11.8 Å². The Kier molecular flexibility index (Phi) is 7.12. The normalized spacial score (nSPS) is 30.3. The van der Waals surface area contributed by atoms with Gasteiger partial charge in [-0.1, -0.05) is 0 Å². The lowest BCUT2D eigenvalue weighted by Gasteiger charge is -2.43. The lowest BCUT2D eigenvalue weighted by Crippen LogP contribution is -2.53. The highest BCUT2D eigenvalue weighted by atomic mass is 35.5. The van der Waals surface area contributed by atoms with Crippen molar-refractivity contribution in [1.82, 2.24) is 15.1 Å². The van der Waals surface area contributed by atoms with Gasteiger partial charge in [-0.25, -0.2) is 0 Å². The van der Waals surface area contributed by atoms with Crippen molar-refractivity contribution in [3.8, 4) is 0 Å². The highest BCUT2D eigenvalue weighted by Gasteiger charge is 2.53. The summed E-state index contributed by atoms with van der Waals surface area (Å²) in [4.78, 5) is 28.6. The van der Waals surface area contributed by atoms with Gasteiger partial charge in [-0.2, -0.15) is 0 Å². The first-order valence-corrected chi connectivity index (χ1v) is 7.96. The Morgan fingerprint density at radius 2 is 1.91 bits per heavy atom. The van der Waals surface area contributed by atoms with Gasteiger partial charge in [0, 0.05) is 25.6 Å². The number of hydrogen-bond donors (Lipinski definition) is 1. The Balaban J connectivity index is 0.00000121. The molecule has 0 radical (unpaired) electrons. The number of piperidine rings is 2. The molecule has 3 aliphatic rings. The van der Waals surface area contributed by atoms with Crippen LogP contribution in [0.4, 0.5) is 0 Å². The first-order chi connectivity index (χ1) is 9.66. The van der Waals surface area contributed by atoms with Crippen molar-refractivity contribution in [1.29, 1.82) is 0 Å². The first-order valence-electron chi connectivity index (χ1n) is 7.96. The monoisotopic (exact) mass is 351 g/mol. The fourth-order valence-electron chi connectivity index (χ4n) is 4.15. The highest BCUT2D eigenvalue weighted by Crippen LogP contribution is 2.41. The number of halogens is 2. The van der Waals surface area contributed by atoms with Crippen LogP contribution in [0, 0.1) is 5.41 Å². The molecule has 128 valence electrons. The van der Waals surface area contributed by atoms with Crippen molar-refractivity contribution in [3.05, 3.63) is 0 Å². The third-order valence-corrected chi connectivity index (χ3v) is 5.24. The molecule has 3 fully saturated rings. The second-order valence-corrected chi connectivity index (χ2v) is 6.46. The summed E-state index contributed by atoms with van der Waals surface area (Å²) >= 11 is 0. The number of nitrogens with one attached hydrogen (secondary N) is 1. The molecule has 1 spiro atoms. The van der Waals surface area contributed by atoms with Crippen LogP contribution >= 0.6 is 24.8 Å². The van der Waals surface area contributed by atoms with Crippen LogP contribution in [0.25, 0.3) is 0 Å². The van der Waals surface area contributed by atoms with E-state index in [1.807, 2.05) is 6.92 Å². The molecule has 1 unspecified atom stereocenters. The van der Waals surface area contributed by atoms with Gasteiger partial charge < -0.3 is 5.32 Å². The van der Waals surface area contributed by atoms with Gasteiger partial charge in [-0.15, -0.1) is 24.8 Å². The number of nitrogens with zero attached hydrogens (tertiary/aromatic N) is 2. The van der Waals surface area contributed by atoms with Crippen molar-refractivity contribution in [2.45, 2.75) is 45.1 Å². The van der Waals surface area contributed by atoms with Crippen LogP contribution in [0.5, 0.6) is 0 Å². The second-order valence-electron chi connectivity index (χ2n) is 6.46. The average Bonchev–Trinajstić information content (AvgIpc) is 2.70. The van der Waals surface area contributed by atoms with Crippen LogP contribution < -0.4 is 5.32 Å². The van der Waals surface area contributed by atoms with Crippen molar-refractivity contribution in [2.24, 2.45) is 5.41 Å². The maximum Gasteiger partial charge on any atom is 0.237 e. The average molecular weight is 352 g/mol. The van der Waals surface area contributed by atoms with E-state index in [0.717, 1.165) is 51.9 Å². The fraction of sp³-hybridized carbons (Fsp3) is 0.867. The van der Waals surface area contributed by atoms with Crippen LogP contribution in [0.1, 0.15) is 39.0 Å². The van der Waals surface area contributed by atoms with Gasteiger partial charge in [-0.3, -0.25) is 19.4 Å². The number of rotatable bonds is 2. The smallest absolute Gasteiger partial charge is 0.237 e. The molecule has 0 aromatic carbocycles. The number of amides is 2. The summed E-state index contributed by atoms with van der Waals surface area (Å²) in [5.41, 5.74) is -0.407. The Morgan fingerprint density at radius 1 is 1.23 bits per heavy atom. The minimum Gasteiger partial charge on any atom is -0.317 e. The summed E-state index contributed by atoms with van der Waals surface area (Å²) in [5, 5.41) is 3.39. The summed E-state index contributed by atoms with van der Waals surface area (Å²) in [7, 11) is 0. The molecule has 0 aromatic heterocycles. The van der Waals surface area contributed by atoms with E-state index in [1.165, 1.54) is 4.90 Å². The van der Waals surface area contributed by atoms with Crippen molar-refractivity contribution >= 4 is 36.6 Å². The van der Waals surface area contributed by atoms with Gasteiger partial charge >= 0.3 is 0 Å². The van der Waals surface area contributed by atoms with Crippen molar-refractivity contribution < 1.29 is 9.59 Å². The number of carbonyl (C=O) groups excluding carboxylic acids is 2. The molecule has 5 nitrogen and oxygen atoms in total. The number of imide groups is 1. The predicted molar refractivity (Wildman–Crippen MR) is 90.6 cm³/mol. The lowest BCUT2D eigenvalue weighted by molar-refractivity contribution is -0.142. The fourth-order valence-corrected chi connectivity index (χ4v) is 4.15. The molecule has 1 N–H and O–H groups in total. The molecule has 2 amide bonds. The molecule has 0 bridgehead atoms. The Morgan fingerprint density at radius 3 is 2.50 bits per heavy atom. The van der Waals surface area contributed by atoms with E-state index in [9.17, 15) is 9.59 Å². The molecule has 0 aliphatic carbocycles. The summed E-state index contributed by atoms with van der Waals surface area (Å²) in [6.45, 7) is 6.43. The SMILES string of the molecule is CCN1C(=O)CC2(CCCN(C3CCNCC3)C2)C1=O.Cl.Cl. The van der Waals surface area contributed by atoms with E-state index in [4.69, 9.17) is 0 Å². The zero-order valence-electron chi connectivity index (χ0n) is 13.2. The number of carbonyl (C=O) groups is 2. The second kappa shape index (κ2) is 7.95. The maximum atomic E-state index is 12.6. The largest absolute Gasteiger partial charge is 0.317 e. The third-order valence-electron chi connectivity index (χ3n) is 5.24. The van der Waals surface area contributed by atoms with Crippen molar-refractivity contribution in [2.75, 3.05) is 32.7 Å². The minimum atomic E-state index is -0.407. The zero-order chi connectivity index (χ0) is 14.2. The van der Waals surface area contributed by atoms with Crippen molar-refractivity contribution in [3.63, 3.8) is 0 Å². The van der Waals surface area contributed by atoms with Gasteiger partial charge in [0.05, 0.1) is 5.41 Å². The molecule has 3 rings (SSSR count). The summed E-state index contributed by atoms with van der Waals surface area (Å²) in [5.74, 6) is 0.119. The van der Waals surface area contributed by atoms with Crippen LogP contribution in [0.3, 0.4) is 0 Å². The van der Waals surface area contributed by atoms with Crippen LogP contribution in [-0.4, -0.2) is 60.4 Å². The molecule has 7 heteroatoms. The van der Waals surface area contributed by atoms with E-state index in [0.29, 0.717) is 19.0 Å². The molecule has 0 saturated carbocycles.